The maximum Gasteiger partial charge on any atom is 0.333 e. The summed E-state index contributed by atoms with van der Waals surface area (Å²) in [4.78, 5) is 59.7. The second kappa shape index (κ2) is 8.90. The van der Waals surface area contributed by atoms with Gasteiger partial charge < -0.3 is 14.2 Å². The van der Waals surface area contributed by atoms with E-state index in [1.807, 2.05) is 0 Å². The Morgan fingerprint density at radius 3 is 2.37 bits per heavy atom. The molecule has 0 unspecified atom stereocenters. The van der Waals surface area contributed by atoms with Crippen LogP contribution in [0.5, 0.6) is 0 Å². The predicted octanol–water partition coefficient (Wildman–Crippen LogP) is 0.547. The molecule has 0 aliphatic carbocycles. The molecule has 1 aromatic heterocycles. The second-order valence-electron chi connectivity index (χ2n) is 8.05. The van der Waals surface area contributed by atoms with Gasteiger partial charge in [-0.3, -0.25) is 28.3 Å². The van der Waals surface area contributed by atoms with E-state index in [4.69, 9.17) is 14.2 Å². The van der Waals surface area contributed by atoms with Gasteiger partial charge in [0, 0.05) is 25.7 Å². The minimum Gasteiger partial charge on any atom is -0.463 e. The highest BCUT2D eigenvalue weighted by Gasteiger charge is 2.40. The van der Waals surface area contributed by atoms with Crippen molar-refractivity contribution in [1.29, 1.82) is 0 Å². The van der Waals surface area contributed by atoms with Crippen molar-refractivity contribution in [3.63, 3.8) is 0 Å². The lowest BCUT2D eigenvalue weighted by atomic mass is 9.91. The molecule has 0 aromatic carbocycles. The number of carbonyl (C=O) groups is 3. The number of esters is 2. The zero-order valence-corrected chi connectivity index (χ0v) is 17.5. The molecular weight excluding hydrogens is 403 g/mol. The van der Waals surface area contributed by atoms with E-state index in [9.17, 15) is 28.4 Å². The van der Waals surface area contributed by atoms with E-state index in [0.717, 1.165) is 4.57 Å². The zero-order chi connectivity index (χ0) is 22.8. The van der Waals surface area contributed by atoms with Crippen LogP contribution in [0.4, 0.5) is 4.39 Å². The summed E-state index contributed by atoms with van der Waals surface area (Å²) in [7, 11) is 0. The smallest absolute Gasteiger partial charge is 0.333 e. The third-order valence-electron chi connectivity index (χ3n) is 4.55. The molecule has 0 radical (unpaired) electrons. The highest BCUT2D eigenvalue weighted by atomic mass is 19.1. The van der Waals surface area contributed by atoms with Gasteiger partial charge in [0.15, 0.2) is 5.78 Å². The molecule has 2 rings (SSSR count). The first-order chi connectivity index (χ1) is 13.8. The first-order valence-electron chi connectivity index (χ1n) is 9.32. The molecule has 0 amide bonds. The van der Waals surface area contributed by atoms with Crippen LogP contribution < -0.4 is 11.2 Å². The predicted molar refractivity (Wildman–Crippen MR) is 100 cm³/mol. The number of rotatable bonds is 6. The highest BCUT2D eigenvalue weighted by Crippen LogP contribution is 2.30. The Bertz CT molecular complexity index is 959. The van der Waals surface area contributed by atoms with Crippen molar-refractivity contribution in [3.05, 3.63) is 32.9 Å². The first kappa shape index (κ1) is 23.5. The highest BCUT2D eigenvalue weighted by molar-refractivity contribution is 5.83. The number of hydrogen-bond acceptors (Lipinski definition) is 8. The van der Waals surface area contributed by atoms with Crippen molar-refractivity contribution in [1.82, 2.24) is 9.13 Å². The number of hydrogen-bond donors (Lipinski definition) is 0. The summed E-state index contributed by atoms with van der Waals surface area (Å²) in [6, 6.07) is 0. The van der Waals surface area contributed by atoms with Gasteiger partial charge in [0.1, 0.15) is 25.0 Å². The normalized spacial score (nSPS) is 21.3. The molecule has 1 aromatic rings. The Kier molecular flexibility index (Phi) is 6.96. The fraction of sp³-hybridized carbons (Fsp3) is 0.632. The Hall–Kier alpha value is -2.82. The number of Topliss-reactive ketones (excluding diaryl/α,β-unsaturated/α-hetero) is 1. The molecular formula is C19H25FN2O8. The molecule has 0 N–H and O–H groups in total. The molecule has 0 saturated carbocycles. The fourth-order valence-corrected chi connectivity index (χ4v) is 2.87. The Morgan fingerprint density at radius 1 is 1.20 bits per heavy atom. The SMILES string of the molecule is CC(=O)OC[C@H]1O[C@@H](n2cc(F)c(=O)n(CC(=O)C(C)(C)C)c2=O)C[C@@H]1OC(C)=O. The van der Waals surface area contributed by atoms with Crippen LogP contribution in [-0.4, -0.2) is 45.7 Å². The van der Waals surface area contributed by atoms with Crippen LogP contribution in [0, 0.1) is 11.2 Å². The van der Waals surface area contributed by atoms with Gasteiger partial charge in [-0.05, 0) is 0 Å². The summed E-state index contributed by atoms with van der Waals surface area (Å²) >= 11 is 0. The van der Waals surface area contributed by atoms with Crippen LogP contribution in [0.1, 0.15) is 47.3 Å². The van der Waals surface area contributed by atoms with Gasteiger partial charge in [-0.25, -0.2) is 4.79 Å². The topological polar surface area (TPSA) is 123 Å². The fourth-order valence-electron chi connectivity index (χ4n) is 2.87. The van der Waals surface area contributed by atoms with E-state index in [1.165, 1.54) is 13.8 Å². The monoisotopic (exact) mass is 428 g/mol. The van der Waals surface area contributed by atoms with E-state index < -0.39 is 65.2 Å². The van der Waals surface area contributed by atoms with Crippen LogP contribution >= 0.6 is 0 Å². The van der Waals surface area contributed by atoms with Gasteiger partial charge >= 0.3 is 17.6 Å². The molecule has 11 heteroatoms. The van der Waals surface area contributed by atoms with Gasteiger partial charge in [0.2, 0.25) is 5.82 Å². The van der Waals surface area contributed by atoms with Crippen LogP contribution in [0.15, 0.2) is 15.8 Å². The summed E-state index contributed by atoms with van der Waals surface area (Å²) in [6.07, 6.45) is -2.22. The minimum atomic E-state index is -1.24. The van der Waals surface area contributed by atoms with Gasteiger partial charge in [-0.1, -0.05) is 20.8 Å². The van der Waals surface area contributed by atoms with Crippen molar-refractivity contribution >= 4 is 17.7 Å². The van der Waals surface area contributed by atoms with Crippen LogP contribution in [0.25, 0.3) is 0 Å². The maximum absolute atomic E-state index is 14.3. The average molecular weight is 428 g/mol. The summed E-state index contributed by atoms with van der Waals surface area (Å²) in [6.45, 7) is 6.36. The standard InChI is InChI=1S/C19H25FN2O8/c1-10(23)28-9-14-13(29-11(2)24)6-16(30-14)21-7-12(20)17(26)22(18(21)27)8-15(25)19(3,4)5/h7,13-14,16H,6,8-9H2,1-5H3/t13-,14+,16+/m0/s1. The summed E-state index contributed by atoms with van der Waals surface area (Å²) in [5.41, 5.74) is -3.01. The van der Waals surface area contributed by atoms with Crippen LogP contribution in [0.3, 0.4) is 0 Å². The van der Waals surface area contributed by atoms with Crippen molar-refractivity contribution in [2.45, 2.75) is 66.0 Å². The average Bonchev–Trinajstić information content (AvgIpc) is 3.00. The van der Waals surface area contributed by atoms with Crippen molar-refractivity contribution in [3.8, 4) is 0 Å². The van der Waals surface area contributed by atoms with E-state index in [-0.39, 0.29) is 13.0 Å². The number of ether oxygens (including phenoxy) is 3. The Morgan fingerprint density at radius 2 is 1.83 bits per heavy atom. The molecule has 1 saturated heterocycles. The van der Waals surface area contributed by atoms with Gasteiger partial charge in [-0.2, -0.15) is 4.39 Å². The number of halogens is 1. The van der Waals surface area contributed by atoms with E-state index in [2.05, 4.69) is 0 Å². The maximum atomic E-state index is 14.3. The van der Waals surface area contributed by atoms with Crippen LogP contribution in [0.2, 0.25) is 0 Å². The molecule has 0 bridgehead atoms. The Balaban J connectivity index is 2.39. The molecule has 1 aliphatic heterocycles. The van der Waals surface area contributed by atoms with E-state index in [0.29, 0.717) is 10.8 Å². The molecule has 166 valence electrons. The van der Waals surface area contributed by atoms with Crippen molar-refractivity contribution < 1.29 is 33.0 Å². The molecule has 0 spiro atoms. The number of ketones is 1. The number of aromatic nitrogens is 2. The van der Waals surface area contributed by atoms with Crippen molar-refractivity contribution in [2.24, 2.45) is 5.41 Å². The second-order valence-corrected chi connectivity index (χ2v) is 8.05. The third kappa shape index (κ3) is 5.41. The summed E-state index contributed by atoms with van der Waals surface area (Å²) < 4.78 is 31.3. The molecule has 1 fully saturated rings. The van der Waals surface area contributed by atoms with Crippen LogP contribution in [-0.2, 0) is 35.1 Å². The van der Waals surface area contributed by atoms with Crippen molar-refractivity contribution in [2.75, 3.05) is 6.61 Å². The molecule has 1 aliphatic rings. The van der Waals surface area contributed by atoms with Gasteiger partial charge in [0.05, 0.1) is 12.7 Å². The lowest BCUT2D eigenvalue weighted by Crippen LogP contribution is -2.45. The minimum absolute atomic E-state index is 0.0454. The lowest BCUT2D eigenvalue weighted by Gasteiger charge is -2.19. The van der Waals surface area contributed by atoms with E-state index in [1.54, 1.807) is 20.8 Å². The number of carbonyl (C=O) groups excluding carboxylic acids is 3. The quantitative estimate of drug-likeness (QED) is 0.602. The van der Waals surface area contributed by atoms with E-state index >= 15 is 0 Å². The molecule has 10 nitrogen and oxygen atoms in total. The third-order valence-corrected chi connectivity index (χ3v) is 4.55. The molecule has 2 heterocycles. The summed E-state index contributed by atoms with van der Waals surface area (Å²) in [5.74, 6) is -2.87. The lowest BCUT2D eigenvalue weighted by molar-refractivity contribution is -0.155. The first-order valence-corrected chi connectivity index (χ1v) is 9.32. The Labute approximate surface area is 171 Å². The van der Waals surface area contributed by atoms with Gasteiger partial charge in [0.25, 0.3) is 5.56 Å². The zero-order valence-electron chi connectivity index (χ0n) is 17.5. The molecule has 30 heavy (non-hydrogen) atoms. The largest absolute Gasteiger partial charge is 0.463 e. The summed E-state index contributed by atoms with van der Waals surface area (Å²) in [5, 5.41) is 0. The van der Waals surface area contributed by atoms with Gasteiger partial charge in [-0.15, -0.1) is 0 Å². The number of nitrogens with zero attached hydrogens (tertiary/aromatic N) is 2. The molecule has 3 atom stereocenters.